The summed E-state index contributed by atoms with van der Waals surface area (Å²) in [6.45, 7) is 2.93. The zero-order chi connectivity index (χ0) is 13.7. The normalized spacial score (nSPS) is 10.2. The van der Waals surface area contributed by atoms with Crippen LogP contribution in [0.25, 0.3) is 0 Å². The topological polar surface area (TPSA) is 50.9 Å². The van der Waals surface area contributed by atoms with Crippen LogP contribution < -0.4 is 11.1 Å². The first kappa shape index (κ1) is 13.5. The minimum atomic E-state index is 0.321. The number of hydrogen-bond acceptors (Lipinski definition) is 3. The molecule has 1 aromatic heterocycles. The van der Waals surface area contributed by atoms with Gasteiger partial charge < -0.3 is 11.1 Å². The first-order chi connectivity index (χ1) is 9.19. The summed E-state index contributed by atoms with van der Waals surface area (Å²) < 4.78 is 0. The second-order valence-electron chi connectivity index (χ2n) is 4.32. The van der Waals surface area contributed by atoms with Crippen molar-refractivity contribution in [2.24, 2.45) is 5.73 Å². The van der Waals surface area contributed by atoms with E-state index in [1.165, 1.54) is 11.1 Å². The van der Waals surface area contributed by atoms with E-state index in [4.69, 9.17) is 18.0 Å². The van der Waals surface area contributed by atoms with Crippen molar-refractivity contribution in [3.05, 3.63) is 59.4 Å². The smallest absolute Gasteiger partial charge is 0.122 e. The molecule has 1 heterocycles. The van der Waals surface area contributed by atoms with E-state index in [0.29, 0.717) is 10.7 Å². The molecule has 0 fully saturated rings. The SMILES string of the molecule is CCc1ccc(CNc2ccc(C(N)=S)nc2)cc1. The van der Waals surface area contributed by atoms with Gasteiger partial charge in [0.05, 0.1) is 17.6 Å². The molecule has 0 amide bonds. The highest BCUT2D eigenvalue weighted by Crippen LogP contribution is 2.10. The molecular weight excluding hydrogens is 254 g/mol. The van der Waals surface area contributed by atoms with Gasteiger partial charge >= 0.3 is 0 Å². The summed E-state index contributed by atoms with van der Waals surface area (Å²) in [6.07, 6.45) is 2.81. The molecule has 2 aromatic rings. The summed E-state index contributed by atoms with van der Waals surface area (Å²) in [4.78, 5) is 4.51. The van der Waals surface area contributed by atoms with Gasteiger partial charge in [-0.2, -0.15) is 0 Å². The lowest BCUT2D eigenvalue weighted by atomic mass is 10.1. The third-order valence-corrected chi connectivity index (χ3v) is 3.15. The van der Waals surface area contributed by atoms with Crippen LogP contribution >= 0.6 is 12.2 Å². The Kier molecular flexibility index (Phi) is 4.47. The first-order valence-corrected chi connectivity index (χ1v) is 6.67. The number of nitrogens with one attached hydrogen (secondary N) is 1. The van der Waals surface area contributed by atoms with Crippen molar-refractivity contribution >= 4 is 22.9 Å². The molecule has 0 saturated carbocycles. The molecule has 0 aliphatic heterocycles. The van der Waals surface area contributed by atoms with E-state index in [1.807, 2.05) is 12.1 Å². The molecular formula is C15H17N3S. The van der Waals surface area contributed by atoms with E-state index in [1.54, 1.807) is 6.20 Å². The Bertz CT molecular complexity index is 547. The minimum absolute atomic E-state index is 0.321. The molecule has 2 rings (SSSR count). The van der Waals surface area contributed by atoms with E-state index in [2.05, 4.69) is 41.5 Å². The van der Waals surface area contributed by atoms with Crippen molar-refractivity contribution in [2.75, 3.05) is 5.32 Å². The number of rotatable bonds is 5. The third kappa shape index (κ3) is 3.76. The average Bonchev–Trinajstić information content (AvgIpc) is 2.46. The van der Waals surface area contributed by atoms with Crippen molar-refractivity contribution in [2.45, 2.75) is 19.9 Å². The van der Waals surface area contributed by atoms with E-state index in [9.17, 15) is 0 Å². The molecule has 0 aliphatic rings. The summed E-state index contributed by atoms with van der Waals surface area (Å²) in [5.74, 6) is 0. The van der Waals surface area contributed by atoms with Crippen molar-refractivity contribution < 1.29 is 0 Å². The Morgan fingerprint density at radius 3 is 2.37 bits per heavy atom. The molecule has 0 saturated heterocycles. The summed E-state index contributed by atoms with van der Waals surface area (Å²) in [5, 5.41) is 3.32. The van der Waals surface area contributed by atoms with E-state index in [0.717, 1.165) is 18.7 Å². The Morgan fingerprint density at radius 2 is 1.84 bits per heavy atom. The number of aryl methyl sites for hydroxylation is 1. The van der Waals surface area contributed by atoms with Gasteiger partial charge in [0.1, 0.15) is 4.99 Å². The molecule has 0 radical (unpaired) electrons. The molecule has 19 heavy (non-hydrogen) atoms. The van der Waals surface area contributed by atoms with E-state index >= 15 is 0 Å². The van der Waals surface area contributed by atoms with Crippen molar-refractivity contribution in [1.82, 2.24) is 4.98 Å². The van der Waals surface area contributed by atoms with Crippen molar-refractivity contribution in [1.29, 1.82) is 0 Å². The maximum atomic E-state index is 5.50. The van der Waals surface area contributed by atoms with Crippen LogP contribution in [0.1, 0.15) is 23.7 Å². The van der Waals surface area contributed by atoms with Gasteiger partial charge in [0.25, 0.3) is 0 Å². The molecule has 3 N–H and O–H groups in total. The van der Waals surface area contributed by atoms with Gasteiger partial charge in [0.15, 0.2) is 0 Å². The summed E-state index contributed by atoms with van der Waals surface area (Å²) in [5.41, 5.74) is 9.71. The largest absolute Gasteiger partial charge is 0.388 e. The zero-order valence-electron chi connectivity index (χ0n) is 10.9. The number of nitrogens with zero attached hydrogens (tertiary/aromatic N) is 1. The van der Waals surface area contributed by atoms with Crippen LogP contribution in [0.4, 0.5) is 5.69 Å². The Labute approximate surface area is 118 Å². The second-order valence-corrected chi connectivity index (χ2v) is 4.76. The number of aromatic nitrogens is 1. The van der Waals surface area contributed by atoms with Crippen LogP contribution in [-0.2, 0) is 13.0 Å². The fourth-order valence-electron chi connectivity index (χ4n) is 1.74. The Hall–Kier alpha value is -1.94. The molecule has 1 aromatic carbocycles. The highest BCUT2D eigenvalue weighted by molar-refractivity contribution is 7.80. The highest BCUT2D eigenvalue weighted by atomic mass is 32.1. The lowest BCUT2D eigenvalue weighted by Crippen LogP contribution is -2.11. The lowest BCUT2D eigenvalue weighted by Gasteiger charge is -2.07. The molecule has 4 heteroatoms. The molecule has 98 valence electrons. The first-order valence-electron chi connectivity index (χ1n) is 6.26. The van der Waals surface area contributed by atoms with Gasteiger partial charge in [-0.3, -0.25) is 4.98 Å². The molecule has 0 bridgehead atoms. The number of hydrogen-bond donors (Lipinski definition) is 2. The van der Waals surface area contributed by atoms with E-state index < -0.39 is 0 Å². The van der Waals surface area contributed by atoms with Crippen molar-refractivity contribution in [3.8, 4) is 0 Å². The number of pyridine rings is 1. The maximum absolute atomic E-state index is 5.50. The van der Waals surface area contributed by atoms with Crippen LogP contribution in [0.5, 0.6) is 0 Å². The van der Waals surface area contributed by atoms with Crippen LogP contribution in [0.15, 0.2) is 42.6 Å². The molecule has 0 atom stereocenters. The predicted molar refractivity (Wildman–Crippen MR) is 83.3 cm³/mol. The third-order valence-electron chi connectivity index (χ3n) is 2.94. The van der Waals surface area contributed by atoms with Gasteiger partial charge in [-0.1, -0.05) is 43.4 Å². The van der Waals surface area contributed by atoms with Gasteiger partial charge in [-0.25, -0.2) is 0 Å². The maximum Gasteiger partial charge on any atom is 0.122 e. The molecule has 0 aliphatic carbocycles. The monoisotopic (exact) mass is 271 g/mol. The quantitative estimate of drug-likeness (QED) is 0.821. The summed E-state index contributed by atoms with van der Waals surface area (Å²) >= 11 is 4.87. The van der Waals surface area contributed by atoms with Crippen molar-refractivity contribution in [3.63, 3.8) is 0 Å². The Morgan fingerprint density at radius 1 is 1.16 bits per heavy atom. The Balaban J connectivity index is 1.95. The van der Waals surface area contributed by atoms with Gasteiger partial charge in [-0.05, 0) is 29.7 Å². The van der Waals surface area contributed by atoms with Gasteiger partial charge in [0.2, 0.25) is 0 Å². The van der Waals surface area contributed by atoms with Crippen LogP contribution in [0, 0.1) is 0 Å². The molecule has 0 spiro atoms. The lowest BCUT2D eigenvalue weighted by molar-refractivity contribution is 1.10. The standard InChI is InChI=1S/C15H17N3S/c1-2-11-3-5-12(6-4-11)9-17-13-7-8-14(15(16)19)18-10-13/h3-8,10,17H,2,9H2,1H3,(H2,16,19). The minimum Gasteiger partial charge on any atom is -0.388 e. The second kappa shape index (κ2) is 6.29. The zero-order valence-corrected chi connectivity index (χ0v) is 11.7. The summed E-state index contributed by atoms with van der Waals surface area (Å²) in [7, 11) is 0. The number of anilines is 1. The van der Waals surface area contributed by atoms with Gasteiger partial charge in [0, 0.05) is 6.54 Å². The fourth-order valence-corrected chi connectivity index (χ4v) is 1.86. The molecule has 3 nitrogen and oxygen atoms in total. The summed E-state index contributed by atoms with van der Waals surface area (Å²) in [6, 6.07) is 12.4. The fraction of sp³-hybridized carbons (Fsp3) is 0.200. The van der Waals surface area contributed by atoms with Crippen LogP contribution in [0.2, 0.25) is 0 Å². The van der Waals surface area contributed by atoms with Gasteiger partial charge in [-0.15, -0.1) is 0 Å². The van der Waals surface area contributed by atoms with Crippen LogP contribution in [-0.4, -0.2) is 9.97 Å². The van der Waals surface area contributed by atoms with Crippen LogP contribution in [0.3, 0.4) is 0 Å². The number of benzene rings is 1. The molecule has 0 unspecified atom stereocenters. The number of nitrogens with two attached hydrogens (primary N) is 1. The highest BCUT2D eigenvalue weighted by Gasteiger charge is 1.99. The van der Waals surface area contributed by atoms with E-state index in [-0.39, 0.29) is 0 Å². The number of thiocarbonyl (C=S) groups is 1. The average molecular weight is 271 g/mol. The predicted octanol–water partition coefficient (Wildman–Crippen LogP) is 2.89.